The van der Waals surface area contributed by atoms with Gasteiger partial charge >= 0.3 is 0 Å². The van der Waals surface area contributed by atoms with Gasteiger partial charge in [-0.2, -0.15) is 5.06 Å². The first-order chi connectivity index (χ1) is 7.20. The molecule has 0 saturated heterocycles. The zero-order chi connectivity index (χ0) is 10.8. The summed E-state index contributed by atoms with van der Waals surface area (Å²) in [5.41, 5.74) is 0.342. The summed E-state index contributed by atoms with van der Waals surface area (Å²) in [5, 5.41) is 14.4. The number of nitrogens with zero attached hydrogens (tertiary/aromatic N) is 2. The summed E-state index contributed by atoms with van der Waals surface area (Å²) in [5.74, 6) is 0.366. The zero-order valence-corrected chi connectivity index (χ0v) is 10.5. The van der Waals surface area contributed by atoms with Gasteiger partial charge < -0.3 is 5.32 Å². The lowest BCUT2D eigenvalue weighted by Crippen LogP contribution is -2.36. The van der Waals surface area contributed by atoms with E-state index in [0.717, 1.165) is 5.06 Å². The molecular weight excluding hydrogens is 272 g/mol. The number of benzene rings is 1. The number of hydrogen-bond donors (Lipinski definition) is 2. The highest BCUT2D eigenvalue weighted by Crippen LogP contribution is 2.32. The highest BCUT2D eigenvalue weighted by Gasteiger charge is 2.19. The van der Waals surface area contributed by atoms with Gasteiger partial charge in [0.15, 0.2) is 0 Å². The maximum Gasteiger partial charge on any atom is 0.223 e. The molecule has 1 aliphatic rings. The maximum absolute atomic E-state index is 9.85. The molecule has 0 bridgehead atoms. The molecule has 7 heteroatoms. The molecule has 2 N–H and O–H groups in total. The van der Waals surface area contributed by atoms with Crippen molar-refractivity contribution in [3.63, 3.8) is 0 Å². The molecule has 0 unspecified atom stereocenters. The molecule has 16 heavy (non-hydrogen) atoms. The molecule has 1 aromatic carbocycles. The number of hydroxylamine groups is 1. The van der Waals surface area contributed by atoms with E-state index < -0.39 is 0 Å². The standard InChI is InChI=1S/C9H9Cl2N3O.ClH/c10-6-2-1-3-7(11)8(6)14(15)9-12-4-5-13-9;/h1-3,15H,4-5H2,(H,12,13);1H. The van der Waals surface area contributed by atoms with Crippen molar-refractivity contribution in [3.05, 3.63) is 28.2 Å². The van der Waals surface area contributed by atoms with Crippen LogP contribution in [0.4, 0.5) is 5.69 Å². The van der Waals surface area contributed by atoms with Gasteiger partial charge in [-0.05, 0) is 12.1 Å². The van der Waals surface area contributed by atoms with E-state index in [1.165, 1.54) is 0 Å². The molecule has 0 spiro atoms. The summed E-state index contributed by atoms with van der Waals surface area (Å²) in [7, 11) is 0. The molecule has 0 radical (unpaired) electrons. The molecule has 2 rings (SSSR count). The van der Waals surface area contributed by atoms with E-state index in [4.69, 9.17) is 23.2 Å². The average molecular weight is 283 g/mol. The Morgan fingerprint density at radius 1 is 1.31 bits per heavy atom. The third-order valence-electron chi connectivity index (χ3n) is 2.01. The number of nitrogens with one attached hydrogen (secondary N) is 1. The minimum absolute atomic E-state index is 0. The van der Waals surface area contributed by atoms with Crippen molar-refractivity contribution in [2.45, 2.75) is 0 Å². The topological polar surface area (TPSA) is 47.9 Å². The number of para-hydroxylation sites is 1. The lowest BCUT2D eigenvalue weighted by molar-refractivity contribution is 0.309. The molecule has 1 aliphatic heterocycles. The maximum atomic E-state index is 9.85. The second kappa shape index (κ2) is 5.59. The van der Waals surface area contributed by atoms with Crippen LogP contribution in [0.3, 0.4) is 0 Å². The third kappa shape index (κ3) is 2.52. The van der Waals surface area contributed by atoms with Crippen molar-refractivity contribution in [3.8, 4) is 0 Å². The van der Waals surface area contributed by atoms with Gasteiger partial charge in [0.1, 0.15) is 5.69 Å². The monoisotopic (exact) mass is 281 g/mol. The molecule has 1 heterocycles. The molecule has 0 aliphatic carbocycles. The van der Waals surface area contributed by atoms with E-state index in [9.17, 15) is 5.21 Å². The Bertz CT molecular complexity index is 391. The fourth-order valence-corrected chi connectivity index (χ4v) is 1.88. The minimum Gasteiger partial charge on any atom is -0.352 e. The minimum atomic E-state index is 0. The Morgan fingerprint density at radius 3 is 2.44 bits per heavy atom. The number of halogens is 3. The number of rotatable bonds is 1. The van der Waals surface area contributed by atoms with E-state index >= 15 is 0 Å². The van der Waals surface area contributed by atoms with Gasteiger partial charge in [0.05, 0.1) is 16.6 Å². The van der Waals surface area contributed by atoms with Gasteiger partial charge in [-0.15, -0.1) is 12.4 Å². The van der Waals surface area contributed by atoms with Crippen molar-refractivity contribution >= 4 is 47.3 Å². The highest BCUT2D eigenvalue weighted by molar-refractivity contribution is 6.39. The van der Waals surface area contributed by atoms with Crippen LogP contribution in [0.25, 0.3) is 0 Å². The van der Waals surface area contributed by atoms with Crippen LogP contribution in [0.5, 0.6) is 0 Å². The van der Waals surface area contributed by atoms with Gasteiger partial charge in [0.2, 0.25) is 5.96 Å². The van der Waals surface area contributed by atoms with E-state index in [1.54, 1.807) is 18.2 Å². The smallest absolute Gasteiger partial charge is 0.223 e. The fourth-order valence-electron chi connectivity index (χ4n) is 1.32. The summed E-state index contributed by atoms with van der Waals surface area (Å²) in [6, 6.07) is 5.02. The Hall–Kier alpha value is -0.680. The fraction of sp³-hybridized carbons (Fsp3) is 0.222. The Balaban J connectivity index is 0.00000128. The summed E-state index contributed by atoms with van der Waals surface area (Å²) in [6.07, 6.45) is 0. The molecule has 0 fully saturated rings. The van der Waals surface area contributed by atoms with Crippen molar-refractivity contribution in [2.75, 3.05) is 18.2 Å². The SMILES string of the molecule is Cl.ON(C1=NCCN1)c1c(Cl)cccc1Cl. The summed E-state index contributed by atoms with van der Waals surface area (Å²) < 4.78 is 0. The van der Waals surface area contributed by atoms with Gasteiger partial charge in [-0.1, -0.05) is 29.3 Å². The molecule has 0 aromatic heterocycles. The first kappa shape index (κ1) is 13.4. The normalized spacial score (nSPS) is 13.8. The molecular formula is C9H10Cl3N3O. The van der Waals surface area contributed by atoms with E-state index in [1.807, 2.05) is 0 Å². The number of guanidine groups is 1. The first-order valence-electron chi connectivity index (χ1n) is 4.41. The zero-order valence-electron chi connectivity index (χ0n) is 8.15. The van der Waals surface area contributed by atoms with Crippen LogP contribution in [0, 0.1) is 0 Å². The van der Waals surface area contributed by atoms with Crippen molar-refractivity contribution in [1.29, 1.82) is 0 Å². The van der Waals surface area contributed by atoms with Crippen molar-refractivity contribution in [1.82, 2.24) is 5.32 Å². The Kier molecular flexibility index (Phi) is 4.68. The largest absolute Gasteiger partial charge is 0.352 e. The molecule has 1 aromatic rings. The summed E-state index contributed by atoms with van der Waals surface area (Å²) in [4.78, 5) is 4.06. The van der Waals surface area contributed by atoms with Gasteiger partial charge in [0, 0.05) is 6.54 Å². The summed E-state index contributed by atoms with van der Waals surface area (Å²) >= 11 is 11.9. The van der Waals surface area contributed by atoms with Gasteiger partial charge in [-0.3, -0.25) is 5.21 Å². The Labute approximate surface area is 109 Å². The third-order valence-corrected chi connectivity index (χ3v) is 2.62. The van der Waals surface area contributed by atoms with Crippen molar-refractivity contribution in [2.24, 2.45) is 4.99 Å². The second-order valence-electron chi connectivity index (χ2n) is 3.01. The average Bonchev–Trinajstić information content (AvgIpc) is 2.69. The number of hydrogen-bond acceptors (Lipinski definition) is 4. The highest BCUT2D eigenvalue weighted by atomic mass is 35.5. The van der Waals surface area contributed by atoms with Crippen LogP contribution in [-0.2, 0) is 0 Å². The Morgan fingerprint density at radius 2 is 1.94 bits per heavy atom. The molecule has 0 saturated carbocycles. The number of aliphatic imine (C=N–C) groups is 1. The molecule has 0 amide bonds. The quantitative estimate of drug-likeness (QED) is 0.778. The summed E-state index contributed by atoms with van der Waals surface area (Å²) in [6.45, 7) is 1.34. The van der Waals surface area contributed by atoms with Gasteiger partial charge in [-0.25, -0.2) is 4.99 Å². The van der Waals surface area contributed by atoms with Crippen LogP contribution in [0.1, 0.15) is 0 Å². The second-order valence-corrected chi connectivity index (χ2v) is 3.83. The predicted molar refractivity (Wildman–Crippen MR) is 68.3 cm³/mol. The molecule has 88 valence electrons. The van der Waals surface area contributed by atoms with E-state index in [2.05, 4.69) is 10.3 Å². The lowest BCUT2D eigenvalue weighted by Gasteiger charge is -2.18. The lowest BCUT2D eigenvalue weighted by atomic mass is 10.3. The van der Waals surface area contributed by atoms with Gasteiger partial charge in [0.25, 0.3) is 0 Å². The predicted octanol–water partition coefficient (Wildman–Crippen LogP) is 2.57. The first-order valence-corrected chi connectivity index (χ1v) is 5.17. The van der Waals surface area contributed by atoms with Crippen LogP contribution in [0.15, 0.2) is 23.2 Å². The van der Waals surface area contributed by atoms with Crippen LogP contribution in [0.2, 0.25) is 10.0 Å². The van der Waals surface area contributed by atoms with E-state index in [0.29, 0.717) is 34.8 Å². The number of anilines is 1. The molecule has 0 atom stereocenters. The van der Waals surface area contributed by atoms with Crippen LogP contribution < -0.4 is 10.4 Å². The van der Waals surface area contributed by atoms with Crippen LogP contribution >= 0.6 is 35.6 Å². The molecule has 4 nitrogen and oxygen atoms in total. The van der Waals surface area contributed by atoms with E-state index in [-0.39, 0.29) is 12.4 Å². The van der Waals surface area contributed by atoms with Crippen molar-refractivity contribution < 1.29 is 5.21 Å². The van der Waals surface area contributed by atoms with Crippen LogP contribution in [-0.4, -0.2) is 24.3 Å².